The Morgan fingerprint density at radius 1 is 1.42 bits per heavy atom. The van der Waals surface area contributed by atoms with Gasteiger partial charge in [0.05, 0.1) is 10.2 Å². The van der Waals surface area contributed by atoms with E-state index in [2.05, 4.69) is 37.2 Å². The molecule has 0 spiro atoms. The Hall–Kier alpha value is -0.840. The third-order valence-corrected chi connectivity index (χ3v) is 7.33. The number of halogens is 2. The van der Waals surface area contributed by atoms with E-state index in [1.807, 2.05) is 12.1 Å². The number of carbonyl (C=O) groups is 3. The number of nitrogens with one attached hydrogen (secondary N) is 1. The molecule has 3 rings (SSSR count). The summed E-state index contributed by atoms with van der Waals surface area (Å²) in [6.07, 6.45) is 0.200. The molecule has 0 aromatic carbocycles. The van der Waals surface area contributed by atoms with Crippen LogP contribution in [0.1, 0.15) is 4.88 Å². The van der Waals surface area contributed by atoms with Gasteiger partial charge in [0.2, 0.25) is 5.91 Å². The molecule has 0 aliphatic carbocycles. The van der Waals surface area contributed by atoms with Gasteiger partial charge in [-0.1, -0.05) is 15.9 Å². The van der Waals surface area contributed by atoms with E-state index in [4.69, 9.17) is 0 Å². The Labute approximate surface area is 162 Å². The fraction of sp³-hybridized carbons (Fsp3) is 0.357. The average Bonchev–Trinajstić information content (AvgIpc) is 2.95. The van der Waals surface area contributed by atoms with Crippen LogP contribution in [-0.2, 0) is 20.8 Å². The lowest BCUT2D eigenvalue weighted by molar-refractivity contribution is -0.150. The lowest BCUT2D eigenvalue weighted by Crippen LogP contribution is -2.70. The maximum atomic E-state index is 12.3. The van der Waals surface area contributed by atoms with Gasteiger partial charge in [-0.05, 0) is 33.6 Å². The smallest absolute Gasteiger partial charge is 0.352 e. The van der Waals surface area contributed by atoms with Crippen LogP contribution in [0.2, 0.25) is 0 Å². The number of fused-ring (bicyclic) bond motifs is 1. The minimum absolute atomic E-state index is 0.0355. The van der Waals surface area contributed by atoms with Gasteiger partial charge in [0, 0.05) is 16.0 Å². The number of nitrogens with zero attached hydrogens (tertiary/aromatic N) is 1. The number of thioether (sulfide) groups is 1. The standard InChI is InChI=1S/C14H12Br2N2O4S2/c15-4-6-5-23-13-10(12(20)18(13)11(6)14(21)22)17-9(19)3-7-1-2-8(16)24-7/h1-2,10,13H,3-5H2,(H,17,19)(H,21,22)/t10?,13-/m1/s1. The van der Waals surface area contributed by atoms with Crippen LogP contribution in [0.25, 0.3) is 0 Å². The molecule has 128 valence electrons. The Balaban J connectivity index is 1.68. The van der Waals surface area contributed by atoms with Gasteiger partial charge >= 0.3 is 5.97 Å². The zero-order chi connectivity index (χ0) is 17.4. The molecule has 3 heterocycles. The van der Waals surface area contributed by atoms with Gasteiger partial charge in [0.25, 0.3) is 5.91 Å². The number of carbonyl (C=O) groups excluding carboxylic acids is 2. The number of rotatable bonds is 5. The Morgan fingerprint density at radius 3 is 2.75 bits per heavy atom. The zero-order valence-electron chi connectivity index (χ0n) is 12.1. The lowest BCUT2D eigenvalue weighted by atomic mass is 10.0. The topological polar surface area (TPSA) is 86.7 Å². The van der Waals surface area contributed by atoms with Crippen LogP contribution >= 0.6 is 55.0 Å². The molecule has 0 saturated carbocycles. The fourth-order valence-electron chi connectivity index (χ4n) is 2.62. The van der Waals surface area contributed by atoms with Crippen LogP contribution in [0.3, 0.4) is 0 Å². The summed E-state index contributed by atoms with van der Waals surface area (Å²) in [5, 5.41) is 12.2. The largest absolute Gasteiger partial charge is 0.477 e. The highest BCUT2D eigenvalue weighted by molar-refractivity contribution is 9.11. The molecule has 2 N–H and O–H groups in total. The summed E-state index contributed by atoms with van der Waals surface area (Å²) in [6, 6.07) is 3.05. The second-order valence-electron chi connectivity index (χ2n) is 5.23. The Kier molecular flexibility index (Phi) is 5.38. The van der Waals surface area contributed by atoms with E-state index in [0.717, 1.165) is 8.66 Å². The molecule has 1 aromatic rings. The third-order valence-electron chi connectivity index (χ3n) is 3.69. The molecular formula is C14H12Br2N2O4S2. The summed E-state index contributed by atoms with van der Waals surface area (Å²) >= 11 is 9.53. The maximum absolute atomic E-state index is 12.3. The molecule has 0 radical (unpaired) electrons. The molecule has 2 amide bonds. The predicted octanol–water partition coefficient (Wildman–Crippen LogP) is 2.19. The van der Waals surface area contributed by atoms with Crippen molar-refractivity contribution in [2.24, 2.45) is 0 Å². The molecule has 0 bridgehead atoms. The minimum Gasteiger partial charge on any atom is -0.477 e. The third kappa shape index (κ3) is 3.29. The number of β-lactam (4-membered cyclic amide) rings is 1. The van der Waals surface area contributed by atoms with Gasteiger partial charge in [0.1, 0.15) is 17.1 Å². The van der Waals surface area contributed by atoms with E-state index < -0.39 is 12.0 Å². The highest BCUT2D eigenvalue weighted by atomic mass is 79.9. The first-order valence-electron chi connectivity index (χ1n) is 6.92. The van der Waals surface area contributed by atoms with Crippen molar-refractivity contribution in [2.75, 3.05) is 11.1 Å². The second kappa shape index (κ2) is 7.19. The molecule has 6 nitrogen and oxygen atoms in total. The number of carboxylic acids is 1. The number of hydrogen-bond acceptors (Lipinski definition) is 5. The van der Waals surface area contributed by atoms with Crippen molar-refractivity contribution >= 4 is 72.7 Å². The van der Waals surface area contributed by atoms with Gasteiger partial charge in [0.15, 0.2) is 0 Å². The monoisotopic (exact) mass is 494 g/mol. The van der Waals surface area contributed by atoms with E-state index in [1.54, 1.807) is 0 Å². The van der Waals surface area contributed by atoms with Crippen molar-refractivity contribution in [1.82, 2.24) is 10.2 Å². The number of hydrogen-bond donors (Lipinski definition) is 2. The molecule has 2 atom stereocenters. The van der Waals surface area contributed by atoms with E-state index >= 15 is 0 Å². The first-order valence-corrected chi connectivity index (χ1v) is 10.7. The van der Waals surface area contributed by atoms with E-state index in [0.29, 0.717) is 16.7 Å². The SMILES string of the molecule is O=C(Cc1ccc(Br)s1)NC1C(=O)N2C(C(=O)O)=C(CBr)CS[C@H]12. The quantitative estimate of drug-likeness (QED) is 0.483. The van der Waals surface area contributed by atoms with E-state index in [9.17, 15) is 19.5 Å². The van der Waals surface area contributed by atoms with Crippen molar-refractivity contribution in [3.8, 4) is 0 Å². The first-order chi connectivity index (χ1) is 11.4. The van der Waals surface area contributed by atoms with Crippen LogP contribution in [0.4, 0.5) is 0 Å². The summed E-state index contributed by atoms with van der Waals surface area (Å²) in [5.41, 5.74) is 0.707. The van der Waals surface area contributed by atoms with Crippen molar-refractivity contribution in [3.05, 3.63) is 32.1 Å². The summed E-state index contributed by atoms with van der Waals surface area (Å²) < 4.78 is 0.942. The Bertz CT molecular complexity index is 749. The number of aliphatic carboxylic acids is 1. The van der Waals surface area contributed by atoms with Gasteiger partial charge < -0.3 is 10.4 Å². The lowest BCUT2D eigenvalue weighted by Gasteiger charge is -2.49. The van der Waals surface area contributed by atoms with Gasteiger partial charge in [-0.25, -0.2) is 4.79 Å². The van der Waals surface area contributed by atoms with Crippen molar-refractivity contribution in [1.29, 1.82) is 0 Å². The molecule has 1 unspecified atom stereocenters. The molecule has 2 aliphatic rings. The van der Waals surface area contributed by atoms with Crippen molar-refractivity contribution < 1.29 is 19.5 Å². The van der Waals surface area contributed by atoms with Crippen LogP contribution in [0.5, 0.6) is 0 Å². The molecule has 1 fully saturated rings. The van der Waals surface area contributed by atoms with Crippen LogP contribution in [0.15, 0.2) is 27.2 Å². The Morgan fingerprint density at radius 2 is 2.17 bits per heavy atom. The normalized spacial score (nSPS) is 22.9. The molecule has 1 saturated heterocycles. The van der Waals surface area contributed by atoms with Crippen molar-refractivity contribution in [2.45, 2.75) is 17.8 Å². The molecular weight excluding hydrogens is 484 g/mol. The minimum atomic E-state index is -1.11. The van der Waals surface area contributed by atoms with E-state index in [1.165, 1.54) is 28.0 Å². The number of thiophene rings is 1. The number of alkyl halides is 1. The summed E-state index contributed by atoms with van der Waals surface area (Å²) in [7, 11) is 0. The molecule has 24 heavy (non-hydrogen) atoms. The summed E-state index contributed by atoms with van der Waals surface area (Å²) in [5.74, 6) is -1.21. The van der Waals surface area contributed by atoms with Crippen LogP contribution < -0.4 is 5.32 Å². The second-order valence-corrected chi connectivity index (χ2v) is 9.44. The van der Waals surface area contributed by atoms with Crippen molar-refractivity contribution in [3.63, 3.8) is 0 Å². The fourth-order valence-corrected chi connectivity index (χ4v) is 6.17. The maximum Gasteiger partial charge on any atom is 0.352 e. The van der Waals surface area contributed by atoms with Gasteiger partial charge in [-0.15, -0.1) is 23.1 Å². The number of carboxylic acid groups (broad SMARTS) is 1. The summed E-state index contributed by atoms with van der Waals surface area (Å²) in [6.45, 7) is 0. The first kappa shape index (κ1) is 18.0. The van der Waals surface area contributed by atoms with Gasteiger partial charge in [-0.2, -0.15) is 0 Å². The molecule has 10 heteroatoms. The van der Waals surface area contributed by atoms with Crippen LogP contribution in [0, 0.1) is 0 Å². The van der Waals surface area contributed by atoms with E-state index in [-0.39, 0.29) is 29.3 Å². The average molecular weight is 496 g/mol. The van der Waals surface area contributed by atoms with Crippen LogP contribution in [-0.4, -0.2) is 50.3 Å². The number of amides is 2. The highest BCUT2D eigenvalue weighted by Gasteiger charge is 2.53. The predicted molar refractivity (Wildman–Crippen MR) is 99.2 cm³/mol. The van der Waals surface area contributed by atoms with Gasteiger partial charge in [-0.3, -0.25) is 14.5 Å². The highest BCUT2D eigenvalue weighted by Crippen LogP contribution is 2.40. The molecule has 1 aromatic heterocycles. The molecule has 2 aliphatic heterocycles. The summed E-state index contributed by atoms with van der Waals surface area (Å²) in [4.78, 5) is 38.1. The zero-order valence-corrected chi connectivity index (χ0v) is 16.9.